The van der Waals surface area contributed by atoms with Gasteiger partial charge in [0.25, 0.3) is 0 Å². The Hall–Kier alpha value is -1.03. The minimum Gasteiger partial charge on any atom is -0.336 e. The van der Waals surface area contributed by atoms with Crippen LogP contribution in [0, 0.1) is 0 Å². The fourth-order valence-electron chi connectivity index (χ4n) is 1.38. The third kappa shape index (κ3) is 1.83. The first kappa shape index (κ1) is 8.56. The monoisotopic (exact) mass is 240 g/mol. The Balaban J connectivity index is 2.21. The van der Waals surface area contributed by atoms with Gasteiger partial charge in [0.2, 0.25) is 0 Å². The van der Waals surface area contributed by atoms with Crippen molar-refractivity contribution < 1.29 is 4.79 Å². The molecule has 4 heteroatoms. The Kier molecular flexibility index (Phi) is 2.22. The van der Waals surface area contributed by atoms with Crippen LogP contribution < -0.4 is 10.6 Å². The molecular formula is C9H9BrN2O. The molecule has 1 aliphatic heterocycles. The molecule has 1 aromatic carbocycles. The Morgan fingerprint density at radius 1 is 1.46 bits per heavy atom. The Morgan fingerprint density at radius 3 is 2.92 bits per heavy atom. The molecule has 68 valence electrons. The van der Waals surface area contributed by atoms with E-state index < -0.39 is 0 Å². The molecule has 0 spiro atoms. The second-order valence-electron chi connectivity index (χ2n) is 2.96. The molecular weight excluding hydrogens is 232 g/mol. The minimum atomic E-state index is -0.0926. The number of rotatable bonds is 1. The highest BCUT2D eigenvalue weighted by molar-refractivity contribution is 9.10. The van der Waals surface area contributed by atoms with Crippen LogP contribution in [0.2, 0.25) is 0 Å². The van der Waals surface area contributed by atoms with Crippen molar-refractivity contribution in [2.24, 2.45) is 0 Å². The fraction of sp³-hybridized carbons (Fsp3) is 0.222. The molecule has 1 fully saturated rings. The smallest absolute Gasteiger partial charge is 0.315 e. The van der Waals surface area contributed by atoms with Crippen LogP contribution in [-0.2, 0) is 0 Å². The van der Waals surface area contributed by atoms with Gasteiger partial charge in [0.15, 0.2) is 0 Å². The number of halogens is 1. The molecule has 1 aromatic rings. The van der Waals surface area contributed by atoms with Gasteiger partial charge in [0.1, 0.15) is 0 Å². The van der Waals surface area contributed by atoms with Gasteiger partial charge in [-0.05, 0) is 17.7 Å². The summed E-state index contributed by atoms with van der Waals surface area (Å²) in [6.45, 7) is 0.662. The quantitative estimate of drug-likeness (QED) is 0.773. The first-order valence-electron chi connectivity index (χ1n) is 4.05. The Labute approximate surface area is 84.6 Å². The largest absolute Gasteiger partial charge is 0.336 e. The average molecular weight is 241 g/mol. The van der Waals surface area contributed by atoms with E-state index in [4.69, 9.17) is 0 Å². The van der Waals surface area contributed by atoms with Crippen molar-refractivity contribution in [3.63, 3.8) is 0 Å². The van der Waals surface area contributed by atoms with Gasteiger partial charge >= 0.3 is 6.03 Å². The van der Waals surface area contributed by atoms with E-state index in [1.807, 2.05) is 24.3 Å². The first-order valence-corrected chi connectivity index (χ1v) is 4.85. The average Bonchev–Trinajstić information content (AvgIpc) is 2.52. The molecule has 1 atom stereocenters. The zero-order valence-corrected chi connectivity index (χ0v) is 8.47. The molecule has 2 rings (SSSR count). The molecule has 1 aliphatic rings. The van der Waals surface area contributed by atoms with Crippen LogP contribution in [0.5, 0.6) is 0 Å². The Bertz CT molecular complexity index is 340. The maximum absolute atomic E-state index is 10.9. The van der Waals surface area contributed by atoms with Crippen LogP contribution in [-0.4, -0.2) is 12.6 Å². The van der Waals surface area contributed by atoms with E-state index in [9.17, 15) is 4.79 Å². The summed E-state index contributed by atoms with van der Waals surface area (Å²) in [7, 11) is 0. The molecule has 13 heavy (non-hydrogen) atoms. The number of amides is 2. The lowest BCUT2D eigenvalue weighted by Gasteiger charge is -2.08. The summed E-state index contributed by atoms with van der Waals surface area (Å²) < 4.78 is 1.03. The van der Waals surface area contributed by atoms with Crippen LogP contribution in [0.25, 0.3) is 0 Å². The third-order valence-electron chi connectivity index (χ3n) is 2.02. The second-order valence-corrected chi connectivity index (χ2v) is 3.88. The van der Waals surface area contributed by atoms with Crippen molar-refractivity contribution in [3.05, 3.63) is 34.3 Å². The van der Waals surface area contributed by atoms with Crippen molar-refractivity contribution in [1.82, 2.24) is 10.6 Å². The molecule has 0 bridgehead atoms. The molecule has 2 amide bonds. The third-order valence-corrected chi connectivity index (χ3v) is 2.52. The molecule has 0 aromatic heterocycles. The fourth-order valence-corrected chi connectivity index (χ4v) is 1.80. The maximum Gasteiger partial charge on any atom is 0.315 e. The summed E-state index contributed by atoms with van der Waals surface area (Å²) in [5.41, 5.74) is 1.12. The molecule has 0 aliphatic carbocycles. The summed E-state index contributed by atoms with van der Waals surface area (Å²) in [4.78, 5) is 10.9. The SMILES string of the molecule is O=C1NC[C@@H](c2cccc(Br)c2)N1. The van der Waals surface area contributed by atoms with Crippen molar-refractivity contribution in [2.75, 3.05) is 6.54 Å². The van der Waals surface area contributed by atoms with Gasteiger partial charge in [-0.25, -0.2) is 4.79 Å². The standard InChI is InChI=1S/C9H9BrN2O/c10-7-3-1-2-6(4-7)8-5-11-9(13)12-8/h1-4,8H,5H2,(H2,11,12,13)/t8-/m0/s1. The van der Waals surface area contributed by atoms with Gasteiger partial charge in [0.05, 0.1) is 6.04 Å². The number of hydrogen-bond acceptors (Lipinski definition) is 1. The highest BCUT2D eigenvalue weighted by Crippen LogP contribution is 2.19. The first-order chi connectivity index (χ1) is 6.25. The van der Waals surface area contributed by atoms with E-state index in [-0.39, 0.29) is 12.1 Å². The van der Waals surface area contributed by atoms with E-state index in [2.05, 4.69) is 26.6 Å². The number of nitrogens with one attached hydrogen (secondary N) is 2. The summed E-state index contributed by atoms with van der Waals surface area (Å²) >= 11 is 3.39. The number of hydrogen-bond donors (Lipinski definition) is 2. The molecule has 3 nitrogen and oxygen atoms in total. The van der Waals surface area contributed by atoms with Crippen LogP contribution >= 0.6 is 15.9 Å². The predicted octanol–water partition coefficient (Wildman–Crippen LogP) is 1.80. The number of carbonyl (C=O) groups is 1. The summed E-state index contributed by atoms with van der Waals surface area (Å²) in [6, 6.07) is 7.95. The maximum atomic E-state index is 10.9. The van der Waals surface area contributed by atoms with Crippen molar-refractivity contribution in [2.45, 2.75) is 6.04 Å². The van der Waals surface area contributed by atoms with Crippen LogP contribution in [0.3, 0.4) is 0 Å². The highest BCUT2D eigenvalue weighted by atomic mass is 79.9. The lowest BCUT2D eigenvalue weighted by atomic mass is 10.1. The Morgan fingerprint density at radius 2 is 2.31 bits per heavy atom. The number of urea groups is 1. The molecule has 0 saturated carbocycles. The highest BCUT2D eigenvalue weighted by Gasteiger charge is 2.21. The van der Waals surface area contributed by atoms with Crippen molar-refractivity contribution >= 4 is 22.0 Å². The molecule has 2 N–H and O–H groups in total. The predicted molar refractivity (Wildman–Crippen MR) is 53.4 cm³/mol. The number of carbonyl (C=O) groups excluding carboxylic acids is 1. The summed E-state index contributed by atoms with van der Waals surface area (Å²) in [6.07, 6.45) is 0. The van der Waals surface area contributed by atoms with Gasteiger partial charge in [-0.15, -0.1) is 0 Å². The number of benzene rings is 1. The van der Waals surface area contributed by atoms with Crippen LogP contribution in [0.1, 0.15) is 11.6 Å². The van der Waals surface area contributed by atoms with Gasteiger partial charge in [-0.3, -0.25) is 0 Å². The van der Waals surface area contributed by atoms with Crippen LogP contribution in [0.15, 0.2) is 28.7 Å². The van der Waals surface area contributed by atoms with Crippen molar-refractivity contribution in [3.8, 4) is 0 Å². The second kappa shape index (κ2) is 3.38. The van der Waals surface area contributed by atoms with E-state index in [0.29, 0.717) is 6.54 Å². The zero-order valence-electron chi connectivity index (χ0n) is 6.88. The van der Waals surface area contributed by atoms with Gasteiger partial charge in [-0.2, -0.15) is 0 Å². The molecule has 1 heterocycles. The minimum absolute atomic E-state index is 0.0926. The zero-order chi connectivity index (χ0) is 9.26. The lowest BCUT2D eigenvalue weighted by molar-refractivity contribution is 0.247. The molecule has 0 radical (unpaired) electrons. The van der Waals surface area contributed by atoms with E-state index >= 15 is 0 Å². The summed E-state index contributed by atoms with van der Waals surface area (Å²) in [5.74, 6) is 0. The van der Waals surface area contributed by atoms with Gasteiger partial charge in [-0.1, -0.05) is 28.1 Å². The topological polar surface area (TPSA) is 41.1 Å². The van der Waals surface area contributed by atoms with Gasteiger partial charge in [0, 0.05) is 11.0 Å². The molecule has 1 saturated heterocycles. The van der Waals surface area contributed by atoms with Crippen molar-refractivity contribution in [1.29, 1.82) is 0 Å². The van der Waals surface area contributed by atoms with E-state index in [0.717, 1.165) is 10.0 Å². The summed E-state index contributed by atoms with van der Waals surface area (Å²) in [5, 5.41) is 5.55. The van der Waals surface area contributed by atoms with E-state index in [1.165, 1.54) is 0 Å². The van der Waals surface area contributed by atoms with Crippen LogP contribution in [0.4, 0.5) is 4.79 Å². The normalized spacial score (nSPS) is 21.0. The lowest BCUT2D eigenvalue weighted by Crippen LogP contribution is -2.21. The molecule has 0 unspecified atom stereocenters. The van der Waals surface area contributed by atoms with E-state index in [1.54, 1.807) is 0 Å². The van der Waals surface area contributed by atoms with Gasteiger partial charge < -0.3 is 10.6 Å².